The molecule has 1 rings (SSSR count). The number of hydrogen-bond acceptors (Lipinski definition) is 3. The van der Waals surface area contributed by atoms with Gasteiger partial charge < -0.3 is 0 Å². The van der Waals surface area contributed by atoms with Crippen LogP contribution in [0.1, 0.15) is 72.1 Å². The Labute approximate surface area is 118 Å². The van der Waals surface area contributed by atoms with E-state index >= 15 is 0 Å². The summed E-state index contributed by atoms with van der Waals surface area (Å²) in [7, 11) is -3.12. The van der Waals surface area contributed by atoms with E-state index < -0.39 is 20.0 Å². The fraction of sp³-hybridized carbons (Fsp3) is 0.933. The van der Waals surface area contributed by atoms with Gasteiger partial charge in [-0.05, 0) is 40.0 Å². The summed E-state index contributed by atoms with van der Waals surface area (Å²) in [5, 5.41) is 9.51. The number of nitriles is 1. The molecular formula is C15H27NO2S. The third-order valence-electron chi connectivity index (χ3n) is 4.33. The van der Waals surface area contributed by atoms with Gasteiger partial charge in [0.05, 0.1) is 22.0 Å². The van der Waals surface area contributed by atoms with Crippen LogP contribution in [0.2, 0.25) is 0 Å². The molecule has 0 aliphatic heterocycles. The maximum atomic E-state index is 12.2. The molecule has 4 heteroatoms. The second-order valence-electron chi connectivity index (χ2n) is 6.84. The highest BCUT2D eigenvalue weighted by Crippen LogP contribution is 2.37. The zero-order chi connectivity index (χ0) is 14.6. The van der Waals surface area contributed by atoms with E-state index in [0.29, 0.717) is 6.42 Å². The van der Waals surface area contributed by atoms with Gasteiger partial charge >= 0.3 is 0 Å². The second kappa shape index (κ2) is 6.26. The average molecular weight is 285 g/mol. The predicted molar refractivity (Wildman–Crippen MR) is 78.5 cm³/mol. The summed E-state index contributed by atoms with van der Waals surface area (Å²) in [4.78, 5) is 0. The highest BCUT2D eigenvalue weighted by Gasteiger charge is 2.35. The molecule has 0 radical (unpaired) electrons. The van der Waals surface area contributed by atoms with Crippen molar-refractivity contribution in [3.63, 3.8) is 0 Å². The van der Waals surface area contributed by atoms with Crippen LogP contribution in [0.25, 0.3) is 0 Å². The molecule has 19 heavy (non-hydrogen) atoms. The van der Waals surface area contributed by atoms with Crippen LogP contribution in [0.3, 0.4) is 0 Å². The molecule has 0 spiro atoms. The van der Waals surface area contributed by atoms with Gasteiger partial charge in [0, 0.05) is 0 Å². The highest BCUT2D eigenvalue weighted by atomic mass is 32.2. The lowest BCUT2D eigenvalue weighted by Gasteiger charge is -2.30. The maximum Gasteiger partial charge on any atom is 0.155 e. The van der Waals surface area contributed by atoms with Crippen molar-refractivity contribution in [1.82, 2.24) is 0 Å². The van der Waals surface area contributed by atoms with E-state index in [-0.39, 0.29) is 5.75 Å². The fourth-order valence-electron chi connectivity index (χ4n) is 2.64. The predicted octanol–water partition coefficient (Wildman–Crippen LogP) is 3.84. The Kier molecular flexibility index (Phi) is 5.43. The molecule has 0 heterocycles. The van der Waals surface area contributed by atoms with Gasteiger partial charge in [-0.1, -0.05) is 32.1 Å². The molecule has 0 aromatic heterocycles. The van der Waals surface area contributed by atoms with Gasteiger partial charge in [-0.15, -0.1) is 0 Å². The Bertz CT molecular complexity index is 418. The summed E-state index contributed by atoms with van der Waals surface area (Å²) in [6, 6.07) is 2.44. The SMILES string of the molecule is CC(C)(C)S(=O)(=O)CCC1(C#N)CCCCCCC1. The second-order valence-corrected chi connectivity index (χ2v) is 9.70. The molecule has 0 amide bonds. The van der Waals surface area contributed by atoms with Gasteiger partial charge in [0.15, 0.2) is 9.84 Å². The molecule has 1 saturated carbocycles. The van der Waals surface area contributed by atoms with Crippen LogP contribution < -0.4 is 0 Å². The Hall–Kier alpha value is -0.560. The van der Waals surface area contributed by atoms with Crippen molar-refractivity contribution in [1.29, 1.82) is 5.26 Å². The molecule has 0 N–H and O–H groups in total. The molecule has 0 unspecified atom stereocenters. The molecular weight excluding hydrogens is 258 g/mol. The number of nitrogens with zero attached hydrogens (tertiary/aromatic N) is 1. The van der Waals surface area contributed by atoms with Crippen LogP contribution in [0.4, 0.5) is 0 Å². The summed E-state index contributed by atoms with van der Waals surface area (Å²) in [5.41, 5.74) is -0.404. The molecule has 1 fully saturated rings. The highest BCUT2D eigenvalue weighted by molar-refractivity contribution is 7.92. The Morgan fingerprint density at radius 1 is 1.05 bits per heavy atom. The third-order valence-corrected chi connectivity index (χ3v) is 6.94. The first-order valence-electron chi connectivity index (χ1n) is 7.36. The largest absolute Gasteiger partial charge is 0.228 e. The standard InChI is InChI=1S/C15H27NO2S/c1-14(2,3)19(17,18)12-11-15(13-16)9-7-5-4-6-8-10-15/h4-12H2,1-3H3. The van der Waals surface area contributed by atoms with E-state index in [1.807, 2.05) is 0 Å². The first-order valence-corrected chi connectivity index (χ1v) is 9.01. The quantitative estimate of drug-likeness (QED) is 0.791. The molecule has 1 aliphatic carbocycles. The molecule has 110 valence electrons. The normalized spacial score (nSPS) is 21.2. The van der Waals surface area contributed by atoms with Gasteiger partial charge in [-0.2, -0.15) is 5.26 Å². The first kappa shape index (κ1) is 16.5. The van der Waals surface area contributed by atoms with E-state index in [0.717, 1.165) is 25.7 Å². The van der Waals surface area contributed by atoms with Crippen LogP contribution in [0.15, 0.2) is 0 Å². The minimum Gasteiger partial charge on any atom is -0.228 e. The Morgan fingerprint density at radius 3 is 1.95 bits per heavy atom. The van der Waals surface area contributed by atoms with Crippen molar-refractivity contribution < 1.29 is 8.42 Å². The van der Waals surface area contributed by atoms with E-state index in [1.165, 1.54) is 19.3 Å². The van der Waals surface area contributed by atoms with E-state index in [9.17, 15) is 13.7 Å². The summed E-state index contributed by atoms with van der Waals surface area (Å²) in [6.45, 7) is 5.21. The molecule has 1 aliphatic rings. The number of rotatable bonds is 3. The van der Waals surface area contributed by atoms with Crippen LogP contribution >= 0.6 is 0 Å². The zero-order valence-electron chi connectivity index (χ0n) is 12.5. The molecule has 0 aromatic rings. The lowest BCUT2D eigenvalue weighted by molar-refractivity contribution is 0.280. The monoisotopic (exact) mass is 285 g/mol. The molecule has 0 atom stereocenters. The average Bonchev–Trinajstić information content (AvgIpc) is 2.27. The van der Waals surface area contributed by atoms with Gasteiger partial charge in [0.1, 0.15) is 0 Å². The van der Waals surface area contributed by atoms with Gasteiger partial charge in [0.25, 0.3) is 0 Å². The summed E-state index contributed by atoms with van der Waals surface area (Å²) >= 11 is 0. The van der Waals surface area contributed by atoms with Gasteiger partial charge in [-0.25, -0.2) is 8.42 Å². The summed E-state index contributed by atoms with van der Waals surface area (Å²) in [5.74, 6) is 0.143. The number of sulfone groups is 1. The van der Waals surface area contributed by atoms with Crippen molar-refractivity contribution in [2.75, 3.05) is 5.75 Å². The lowest BCUT2D eigenvalue weighted by Crippen LogP contribution is -2.33. The van der Waals surface area contributed by atoms with Crippen LogP contribution in [0.5, 0.6) is 0 Å². The van der Waals surface area contributed by atoms with Gasteiger partial charge in [0.2, 0.25) is 0 Å². The lowest BCUT2D eigenvalue weighted by atomic mass is 9.75. The molecule has 0 saturated heterocycles. The summed E-state index contributed by atoms with van der Waals surface area (Å²) in [6.07, 6.45) is 7.95. The van der Waals surface area contributed by atoms with E-state index in [4.69, 9.17) is 0 Å². The first-order chi connectivity index (χ1) is 8.72. The fourth-order valence-corrected chi connectivity index (χ4v) is 3.91. The van der Waals surface area contributed by atoms with Crippen LogP contribution in [-0.4, -0.2) is 18.9 Å². The van der Waals surface area contributed by atoms with E-state index in [2.05, 4.69) is 6.07 Å². The van der Waals surface area contributed by atoms with Crippen molar-refractivity contribution in [3.8, 4) is 6.07 Å². The third kappa shape index (κ3) is 4.49. The van der Waals surface area contributed by atoms with Crippen LogP contribution in [0, 0.1) is 16.7 Å². The minimum atomic E-state index is -3.12. The molecule has 0 bridgehead atoms. The van der Waals surface area contributed by atoms with Gasteiger partial charge in [-0.3, -0.25) is 0 Å². The zero-order valence-corrected chi connectivity index (χ0v) is 13.4. The van der Waals surface area contributed by atoms with Crippen molar-refractivity contribution in [3.05, 3.63) is 0 Å². The van der Waals surface area contributed by atoms with E-state index in [1.54, 1.807) is 20.8 Å². The molecule has 3 nitrogen and oxygen atoms in total. The van der Waals surface area contributed by atoms with Crippen molar-refractivity contribution >= 4 is 9.84 Å². The van der Waals surface area contributed by atoms with Crippen molar-refractivity contribution in [2.45, 2.75) is 76.9 Å². The Morgan fingerprint density at radius 2 is 1.53 bits per heavy atom. The van der Waals surface area contributed by atoms with Crippen molar-refractivity contribution in [2.24, 2.45) is 5.41 Å². The minimum absolute atomic E-state index is 0.143. The smallest absolute Gasteiger partial charge is 0.155 e. The maximum absolute atomic E-state index is 12.2. The summed E-state index contributed by atoms with van der Waals surface area (Å²) < 4.78 is 23.7. The number of hydrogen-bond donors (Lipinski definition) is 0. The molecule has 0 aromatic carbocycles. The Balaban J connectivity index is 2.74. The van der Waals surface area contributed by atoms with Crippen LogP contribution in [-0.2, 0) is 9.84 Å². The topological polar surface area (TPSA) is 57.9 Å².